The summed E-state index contributed by atoms with van der Waals surface area (Å²) in [5, 5.41) is 20.7. The van der Waals surface area contributed by atoms with Gasteiger partial charge in [0.15, 0.2) is 0 Å². The van der Waals surface area contributed by atoms with Crippen LogP contribution < -0.4 is 5.32 Å². The number of anilines is 1. The number of nitro groups is 1. The van der Waals surface area contributed by atoms with Gasteiger partial charge in [0.05, 0.1) is 28.4 Å². The fourth-order valence-electron chi connectivity index (χ4n) is 2.86. The van der Waals surface area contributed by atoms with Crippen LogP contribution in [0.15, 0.2) is 60.2 Å². The average Bonchev–Trinajstić information content (AvgIpc) is 3.35. The van der Waals surface area contributed by atoms with Gasteiger partial charge < -0.3 is 5.32 Å². The summed E-state index contributed by atoms with van der Waals surface area (Å²) in [7, 11) is 0. The number of nitrogens with zero attached hydrogens (tertiary/aromatic N) is 5. The van der Waals surface area contributed by atoms with E-state index in [2.05, 4.69) is 20.4 Å². The van der Waals surface area contributed by atoms with Crippen molar-refractivity contribution >= 4 is 28.7 Å². The van der Waals surface area contributed by atoms with E-state index in [1.165, 1.54) is 23.5 Å². The molecule has 1 aromatic carbocycles. The lowest BCUT2D eigenvalue weighted by molar-refractivity contribution is -0.384. The number of carbonyl (C=O) groups is 1. The van der Waals surface area contributed by atoms with E-state index in [1.807, 2.05) is 17.5 Å². The van der Waals surface area contributed by atoms with Crippen molar-refractivity contribution in [1.29, 1.82) is 0 Å². The van der Waals surface area contributed by atoms with Crippen LogP contribution in [-0.2, 0) is 11.2 Å². The van der Waals surface area contributed by atoms with Gasteiger partial charge >= 0.3 is 0 Å². The van der Waals surface area contributed by atoms with Crippen LogP contribution in [0.25, 0.3) is 16.3 Å². The minimum Gasteiger partial charge on any atom is -0.310 e. The van der Waals surface area contributed by atoms with Gasteiger partial charge in [-0.15, -0.1) is 11.3 Å². The molecule has 1 N–H and O–H groups in total. The molecular formula is C20H16N6O3S. The quantitative estimate of drug-likeness (QED) is 0.375. The number of benzene rings is 1. The number of carbonyl (C=O) groups excluding carboxylic acids is 1. The summed E-state index contributed by atoms with van der Waals surface area (Å²) in [6, 6.07) is 11.5. The van der Waals surface area contributed by atoms with E-state index < -0.39 is 4.92 Å². The molecule has 0 fully saturated rings. The van der Waals surface area contributed by atoms with Gasteiger partial charge in [-0.1, -0.05) is 0 Å². The molecule has 0 spiro atoms. The first kappa shape index (κ1) is 19.4. The third-order valence-electron chi connectivity index (χ3n) is 4.21. The van der Waals surface area contributed by atoms with Crippen LogP contribution in [0, 0.1) is 17.0 Å². The highest BCUT2D eigenvalue weighted by Crippen LogP contribution is 2.24. The molecule has 0 radical (unpaired) electrons. The number of thiazole rings is 1. The van der Waals surface area contributed by atoms with Gasteiger partial charge in [-0.25, -0.2) is 9.67 Å². The molecule has 3 aromatic heterocycles. The van der Waals surface area contributed by atoms with Crippen molar-refractivity contribution in [3.8, 4) is 16.3 Å². The normalized spacial score (nSPS) is 10.7. The number of rotatable bonds is 6. The number of nitro benzene ring substituents is 1. The minimum absolute atomic E-state index is 0.0128. The maximum Gasteiger partial charge on any atom is 0.269 e. The highest BCUT2D eigenvalue weighted by molar-refractivity contribution is 7.13. The van der Waals surface area contributed by atoms with E-state index in [1.54, 1.807) is 42.2 Å². The molecule has 0 bridgehead atoms. The maximum absolute atomic E-state index is 12.6. The van der Waals surface area contributed by atoms with Gasteiger partial charge in [0.2, 0.25) is 5.91 Å². The van der Waals surface area contributed by atoms with E-state index in [-0.39, 0.29) is 18.0 Å². The number of pyridine rings is 1. The van der Waals surface area contributed by atoms with Crippen LogP contribution in [0.3, 0.4) is 0 Å². The predicted molar refractivity (Wildman–Crippen MR) is 113 cm³/mol. The van der Waals surface area contributed by atoms with E-state index in [4.69, 9.17) is 0 Å². The van der Waals surface area contributed by atoms with Crippen molar-refractivity contribution < 1.29 is 9.72 Å². The van der Waals surface area contributed by atoms with Crippen LogP contribution in [0.2, 0.25) is 0 Å². The van der Waals surface area contributed by atoms with Gasteiger partial charge in [0.1, 0.15) is 10.8 Å². The van der Waals surface area contributed by atoms with Crippen LogP contribution in [0.4, 0.5) is 11.5 Å². The molecule has 30 heavy (non-hydrogen) atoms. The Hall–Kier alpha value is -3.92. The zero-order valence-corrected chi connectivity index (χ0v) is 16.7. The highest BCUT2D eigenvalue weighted by Gasteiger charge is 2.14. The van der Waals surface area contributed by atoms with Gasteiger partial charge in [0.25, 0.3) is 5.69 Å². The first-order chi connectivity index (χ1) is 14.5. The number of hydrogen-bond acceptors (Lipinski definition) is 7. The molecule has 4 aromatic rings. The number of aryl methyl sites for hydroxylation is 1. The molecule has 1 amide bonds. The topological polar surface area (TPSA) is 116 Å². The Bertz CT molecular complexity index is 1200. The monoisotopic (exact) mass is 420 g/mol. The fraction of sp³-hybridized carbons (Fsp3) is 0.100. The van der Waals surface area contributed by atoms with Crippen LogP contribution in [0.1, 0.15) is 11.4 Å². The van der Waals surface area contributed by atoms with Gasteiger partial charge in [-0.3, -0.25) is 19.9 Å². The third kappa shape index (κ3) is 4.23. The number of hydrogen-bond donors (Lipinski definition) is 1. The highest BCUT2D eigenvalue weighted by atomic mass is 32.1. The largest absolute Gasteiger partial charge is 0.310 e. The molecule has 0 saturated carbocycles. The van der Waals surface area contributed by atoms with Gasteiger partial charge in [-0.05, 0) is 31.2 Å². The Kier molecular flexibility index (Phi) is 5.31. The minimum atomic E-state index is -0.464. The summed E-state index contributed by atoms with van der Waals surface area (Å²) in [6.45, 7) is 1.80. The summed E-state index contributed by atoms with van der Waals surface area (Å²) in [5.41, 5.74) is 2.87. The van der Waals surface area contributed by atoms with Crippen LogP contribution in [-0.4, -0.2) is 30.6 Å². The van der Waals surface area contributed by atoms with Crippen molar-refractivity contribution in [2.75, 3.05) is 5.32 Å². The zero-order valence-electron chi connectivity index (χ0n) is 15.8. The predicted octanol–water partition coefficient (Wildman–Crippen LogP) is 3.79. The van der Waals surface area contributed by atoms with Crippen LogP contribution >= 0.6 is 11.3 Å². The Morgan fingerprint density at radius 3 is 2.77 bits per heavy atom. The summed E-state index contributed by atoms with van der Waals surface area (Å²) in [4.78, 5) is 31.5. The van der Waals surface area contributed by atoms with E-state index in [0.29, 0.717) is 22.9 Å². The van der Waals surface area contributed by atoms with E-state index >= 15 is 0 Å². The second-order valence-corrected chi connectivity index (χ2v) is 7.33. The van der Waals surface area contributed by atoms with Crippen molar-refractivity contribution in [1.82, 2.24) is 19.7 Å². The van der Waals surface area contributed by atoms with E-state index in [9.17, 15) is 14.9 Å². The number of amides is 1. The molecule has 0 atom stereocenters. The second kappa shape index (κ2) is 8.21. The Morgan fingerprint density at radius 1 is 1.27 bits per heavy atom. The summed E-state index contributed by atoms with van der Waals surface area (Å²) >= 11 is 1.46. The average molecular weight is 420 g/mol. The van der Waals surface area contributed by atoms with Crippen molar-refractivity contribution in [3.63, 3.8) is 0 Å². The Labute approximate surface area is 175 Å². The van der Waals surface area contributed by atoms with E-state index in [0.717, 1.165) is 10.6 Å². The lowest BCUT2D eigenvalue weighted by Crippen LogP contribution is -2.17. The number of aromatic nitrogens is 4. The molecule has 3 heterocycles. The molecule has 0 aliphatic heterocycles. The van der Waals surface area contributed by atoms with Gasteiger partial charge in [0, 0.05) is 41.5 Å². The Morgan fingerprint density at radius 2 is 2.07 bits per heavy atom. The molecular weight excluding hydrogens is 404 g/mol. The summed E-state index contributed by atoms with van der Waals surface area (Å²) in [5.74, 6) is 0.246. The van der Waals surface area contributed by atoms with Crippen molar-refractivity contribution in [3.05, 3.63) is 81.7 Å². The summed E-state index contributed by atoms with van der Waals surface area (Å²) in [6.07, 6.45) is 3.54. The molecule has 0 aliphatic carbocycles. The van der Waals surface area contributed by atoms with Crippen LogP contribution in [0.5, 0.6) is 0 Å². The SMILES string of the molecule is Cc1cc(NC(=O)Cc2csc(-c3cccnc3)n2)n(-c2ccc([N+](=O)[O-])cc2)n1. The first-order valence-corrected chi connectivity index (χ1v) is 9.84. The molecule has 4 rings (SSSR count). The lowest BCUT2D eigenvalue weighted by atomic mass is 10.3. The molecule has 9 nitrogen and oxygen atoms in total. The molecule has 150 valence electrons. The molecule has 0 unspecified atom stereocenters. The standard InChI is InChI=1S/C20H16N6O3S/c1-13-9-18(25(24-13)16-4-6-17(7-5-16)26(28)29)23-19(27)10-15-12-30-20(22-15)14-3-2-8-21-11-14/h2-9,11-12H,10H2,1H3,(H,23,27). The smallest absolute Gasteiger partial charge is 0.269 e. The zero-order chi connectivity index (χ0) is 21.1. The second-order valence-electron chi connectivity index (χ2n) is 6.47. The number of non-ortho nitro benzene ring substituents is 1. The summed E-state index contributed by atoms with van der Waals surface area (Å²) < 4.78 is 1.54. The molecule has 10 heteroatoms. The Balaban J connectivity index is 1.49. The maximum atomic E-state index is 12.6. The molecule has 0 saturated heterocycles. The fourth-order valence-corrected chi connectivity index (χ4v) is 3.67. The third-order valence-corrected chi connectivity index (χ3v) is 5.15. The van der Waals surface area contributed by atoms with Crippen molar-refractivity contribution in [2.45, 2.75) is 13.3 Å². The number of nitrogens with one attached hydrogen (secondary N) is 1. The van der Waals surface area contributed by atoms with Crippen molar-refractivity contribution in [2.24, 2.45) is 0 Å². The lowest BCUT2D eigenvalue weighted by Gasteiger charge is -2.08. The first-order valence-electron chi connectivity index (χ1n) is 8.96. The molecule has 0 aliphatic rings. The van der Waals surface area contributed by atoms with Gasteiger partial charge in [-0.2, -0.15) is 5.10 Å².